The van der Waals surface area contributed by atoms with Gasteiger partial charge in [-0.1, -0.05) is 37.1 Å². The topological polar surface area (TPSA) is 38.9 Å². The van der Waals surface area contributed by atoms with Crippen molar-refractivity contribution in [3.8, 4) is 10.6 Å². The number of halogens is 1. The van der Waals surface area contributed by atoms with Crippen LogP contribution in [0.3, 0.4) is 0 Å². The summed E-state index contributed by atoms with van der Waals surface area (Å²) in [4.78, 5) is 5.94. The van der Waals surface area contributed by atoms with E-state index in [0.29, 0.717) is 0 Å². The highest BCUT2D eigenvalue weighted by Crippen LogP contribution is 2.34. The summed E-state index contributed by atoms with van der Waals surface area (Å²) < 4.78 is 0. The van der Waals surface area contributed by atoms with E-state index in [4.69, 9.17) is 22.3 Å². The molecule has 2 N–H and O–H groups in total. The SMILES string of the molecule is CCCc1nc(-c2ccc(Cl)cc2)sc1C(C)(C)N. The minimum atomic E-state index is -0.340. The lowest BCUT2D eigenvalue weighted by molar-refractivity contribution is 0.557. The lowest BCUT2D eigenvalue weighted by Crippen LogP contribution is -2.28. The first-order chi connectivity index (χ1) is 8.91. The maximum Gasteiger partial charge on any atom is 0.123 e. The molecule has 1 heterocycles. The van der Waals surface area contributed by atoms with Crippen molar-refractivity contribution in [2.75, 3.05) is 0 Å². The molecule has 102 valence electrons. The first kappa shape index (κ1) is 14.5. The second-order valence-corrected chi connectivity index (χ2v) is 6.71. The van der Waals surface area contributed by atoms with E-state index in [9.17, 15) is 0 Å². The number of aromatic nitrogens is 1. The van der Waals surface area contributed by atoms with Crippen LogP contribution in [0, 0.1) is 0 Å². The van der Waals surface area contributed by atoms with E-state index in [1.807, 2.05) is 38.1 Å². The summed E-state index contributed by atoms with van der Waals surface area (Å²) in [5, 5.41) is 1.77. The maximum absolute atomic E-state index is 6.25. The van der Waals surface area contributed by atoms with Crippen molar-refractivity contribution < 1.29 is 0 Å². The van der Waals surface area contributed by atoms with Crippen molar-refractivity contribution >= 4 is 22.9 Å². The standard InChI is InChI=1S/C15H19ClN2S/c1-4-5-12-13(15(2,3)17)19-14(18-12)10-6-8-11(16)9-7-10/h6-9H,4-5,17H2,1-3H3. The van der Waals surface area contributed by atoms with Crippen molar-refractivity contribution in [1.82, 2.24) is 4.98 Å². The minimum Gasteiger partial charge on any atom is -0.321 e. The Hall–Kier alpha value is -0.900. The molecule has 0 saturated heterocycles. The molecule has 2 aromatic rings. The van der Waals surface area contributed by atoms with Gasteiger partial charge < -0.3 is 5.73 Å². The summed E-state index contributed by atoms with van der Waals surface area (Å²) in [6.45, 7) is 6.23. The van der Waals surface area contributed by atoms with Crippen LogP contribution in [-0.2, 0) is 12.0 Å². The van der Waals surface area contributed by atoms with Gasteiger partial charge in [-0.3, -0.25) is 0 Å². The zero-order chi connectivity index (χ0) is 14.0. The molecule has 0 spiro atoms. The number of hydrogen-bond donors (Lipinski definition) is 1. The zero-order valence-electron chi connectivity index (χ0n) is 11.5. The molecule has 19 heavy (non-hydrogen) atoms. The molecule has 0 aliphatic rings. The molecular formula is C15H19ClN2S. The Balaban J connectivity index is 2.45. The van der Waals surface area contributed by atoms with Gasteiger partial charge in [-0.15, -0.1) is 11.3 Å². The summed E-state index contributed by atoms with van der Waals surface area (Å²) in [5.41, 5.74) is 8.14. The van der Waals surface area contributed by atoms with E-state index >= 15 is 0 Å². The van der Waals surface area contributed by atoms with Crippen LogP contribution in [0.25, 0.3) is 10.6 Å². The number of nitrogens with two attached hydrogens (primary N) is 1. The van der Waals surface area contributed by atoms with Crippen molar-refractivity contribution in [3.63, 3.8) is 0 Å². The molecule has 0 aliphatic heterocycles. The van der Waals surface area contributed by atoms with E-state index in [-0.39, 0.29) is 5.54 Å². The second kappa shape index (κ2) is 5.61. The molecule has 4 heteroatoms. The van der Waals surface area contributed by atoms with Gasteiger partial charge in [0, 0.05) is 21.0 Å². The van der Waals surface area contributed by atoms with Gasteiger partial charge in [0.15, 0.2) is 0 Å². The van der Waals surface area contributed by atoms with E-state index in [2.05, 4.69) is 6.92 Å². The Kier molecular flexibility index (Phi) is 4.29. The molecule has 1 aromatic heterocycles. The number of benzene rings is 1. The Morgan fingerprint density at radius 3 is 2.42 bits per heavy atom. The predicted molar refractivity (Wildman–Crippen MR) is 83.8 cm³/mol. The molecule has 0 saturated carbocycles. The number of nitrogens with zero attached hydrogens (tertiary/aromatic N) is 1. The predicted octanol–water partition coefficient (Wildman–Crippen LogP) is 4.61. The van der Waals surface area contributed by atoms with Gasteiger partial charge in [0.1, 0.15) is 5.01 Å². The fourth-order valence-electron chi connectivity index (χ4n) is 1.98. The summed E-state index contributed by atoms with van der Waals surface area (Å²) in [6.07, 6.45) is 2.05. The third kappa shape index (κ3) is 3.35. The highest BCUT2D eigenvalue weighted by atomic mass is 35.5. The molecule has 0 aliphatic carbocycles. The zero-order valence-corrected chi connectivity index (χ0v) is 13.1. The highest BCUT2D eigenvalue weighted by molar-refractivity contribution is 7.15. The fourth-order valence-corrected chi connectivity index (χ4v) is 3.24. The van der Waals surface area contributed by atoms with E-state index in [1.54, 1.807) is 11.3 Å². The van der Waals surface area contributed by atoms with Crippen molar-refractivity contribution in [1.29, 1.82) is 0 Å². The van der Waals surface area contributed by atoms with Crippen LogP contribution in [0.1, 0.15) is 37.8 Å². The number of hydrogen-bond acceptors (Lipinski definition) is 3. The largest absolute Gasteiger partial charge is 0.321 e. The Labute approximate surface area is 123 Å². The highest BCUT2D eigenvalue weighted by Gasteiger charge is 2.23. The molecule has 2 nitrogen and oxygen atoms in total. The van der Waals surface area contributed by atoms with Gasteiger partial charge in [-0.2, -0.15) is 0 Å². The molecule has 0 amide bonds. The van der Waals surface area contributed by atoms with Crippen LogP contribution in [-0.4, -0.2) is 4.98 Å². The molecule has 0 bridgehead atoms. The van der Waals surface area contributed by atoms with Crippen LogP contribution >= 0.6 is 22.9 Å². The van der Waals surface area contributed by atoms with Gasteiger partial charge in [0.2, 0.25) is 0 Å². The average molecular weight is 295 g/mol. The molecule has 0 unspecified atom stereocenters. The lowest BCUT2D eigenvalue weighted by atomic mass is 10.0. The molecule has 2 rings (SSSR count). The molecular weight excluding hydrogens is 276 g/mol. The van der Waals surface area contributed by atoms with Crippen molar-refractivity contribution in [2.24, 2.45) is 5.73 Å². The Morgan fingerprint density at radius 2 is 1.89 bits per heavy atom. The monoisotopic (exact) mass is 294 g/mol. The van der Waals surface area contributed by atoms with Crippen LogP contribution < -0.4 is 5.73 Å². The smallest absolute Gasteiger partial charge is 0.123 e. The first-order valence-corrected chi connectivity index (χ1v) is 7.66. The number of aryl methyl sites for hydroxylation is 1. The van der Waals surface area contributed by atoms with Crippen LogP contribution in [0.15, 0.2) is 24.3 Å². The number of rotatable bonds is 4. The van der Waals surface area contributed by atoms with Gasteiger partial charge in [-0.25, -0.2) is 4.98 Å². The maximum atomic E-state index is 6.25. The summed E-state index contributed by atoms with van der Waals surface area (Å²) in [5.74, 6) is 0. The summed E-state index contributed by atoms with van der Waals surface area (Å²) in [6, 6.07) is 7.80. The second-order valence-electron chi connectivity index (χ2n) is 5.27. The summed E-state index contributed by atoms with van der Waals surface area (Å²) >= 11 is 7.61. The minimum absolute atomic E-state index is 0.340. The quantitative estimate of drug-likeness (QED) is 0.894. The third-order valence-corrected chi connectivity index (χ3v) is 4.60. The molecule has 0 radical (unpaired) electrons. The van der Waals surface area contributed by atoms with E-state index < -0.39 is 0 Å². The van der Waals surface area contributed by atoms with Gasteiger partial charge in [-0.05, 0) is 32.4 Å². The fraction of sp³-hybridized carbons (Fsp3) is 0.400. The average Bonchev–Trinajstić information content (AvgIpc) is 2.74. The molecule has 1 aromatic carbocycles. The van der Waals surface area contributed by atoms with Gasteiger partial charge in [0.25, 0.3) is 0 Å². The number of thiazole rings is 1. The molecule has 0 fully saturated rings. The Morgan fingerprint density at radius 1 is 1.26 bits per heavy atom. The third-order valence-electron chi connectivity index (χ3n) is 2.86. The van der Waals surface area contributed by atoms with E-state index in [1.165, 1.54) is 4.88 Å². The van der Waals surface area contributed by atoms with Crippen molar-refractivity contribution in [2.45, 2.75) is 39.2 Å². The lowest BCUT2D eigenvalue weighted by Gasteiger charge is -2.17. The van der Waals surface area contributed by atoms with E-state index in [0.717, 1.165) is 34.1 Å². The molecule has 0 atom stereocenters. The first-order valence-electron chi connectivity index (χ1n) is 6.47. The van der Waals surface area contributed by atoms with Gasteiger partial charge >= 0.3 is 0 Å². The van der Waals surface area contributed by atoms with Crippen molar-refractivity contribution in [3.05, 3.63) is 39.9 Å². The summed E-state index contributed by atoms with van der Waals surface area (Å²) in [7, 11) is 0. The van der Waals surface area contributed by atoms with Crippen LogP contribution in [0.4, 0.5) is 0 Å². The van der Waals surface area contributed by atoms with Crippen LogP contribution in [0.2, 0.25) is 5.02 Å². The Bertz CT molecular complexity index is 553. The van der Waals surface area contributed by atoms with Crippen LogP contribution in [0.5, 0.6) is 0 Å². The van der Waals surface area contributed by atoms with Gasteiger partial charge in [0.05, 0.1) is 5.69 Å². The normalized spacial score (nSPS) is 11.8.